The Balaban J connectivity index is 2.00. The van der Waals surface area contributed by atoms with Gasteiger partial charge in [0.15, 0.2) is 0 Å². The summed E-state index contributed by atoms with van der Waals surface area (Å²) in [6, 6.07) is 13.1. The number of rotatable bonds is 2. The van der Waals surface area contributed by atoms with Gasteiger partial charge in [-0.1, -0.05) is 41.9 Å². The van der Waals surface area contributed by atoms with Gasteiger partial charge in [-0.05, 0) is 17.7 Å². The van der Waals surface area contributed by atoms with Crippen LogP contribution in [0.3, 0.4) is 0 Å². The fourth-order valence-electron chi connectivity index (χ4n) is 1.97. The molecule has 0 amide bonds. The van der Waals surface area contributed by atoms with E-state index in [1.807, 2.05) is 30.3 Å². The van der Waals surface area contributed by atoms with Crippen molar-refractivity contribution in [2.24, 2.45) is 4.99 Å². The van der Waals surface area contributed by atoms with Crippen molar-refractivity contribution in [2.75, 3.05) is 0 Å². The van der Waals surface area contributed by atoms with E-state index in [1.165, 1.54) is 0 Å². The summed E-state index contributed by atoms with van der Waals surface area (Å²) in [5.41, 5.74) is 2.97. The van der Waals surface area contributed by atoms with Gasteiger partial charge in [0.05, 0.1) is 11.3 Å². The lowest BCUT2D eigenvalue weighted by molar-refractivity contribution is 0.0535. The Morgan fingerprint density at radius 1 is 1.21 bits per heavy atom. The summed E-state index contributed by atoms with van der Waals surface area (Å²) in [6.45, 7) is 0.257. The topological polar surface area (TPSA) is 38.7 Å². The lowest BCUT2D eigenvalue weighted by Gasteiger charge is -2.01. The highest BCUT2D eigenvalue weighted by atomic mass is 35.5. The maximum Gasteiger partial charge on any atom is 0.339 e. The summed E-state index contributed by atoms with van der Waals surface area (Å²) < 4.78 is 5.00. The molecule has 1 aliphatic heterocycles. The first-order chi connectivity index (χ1) is 9.24. The monoisotopic (exact) mass is 271 g/mol. The Labute approximate surface area is 115 Å². The second-order valence-corrected chi connectivity index (χ2v) is 4.63. The summed E-state index contributed by atoms with van der Waals surface area (Å²) in [6.07, 6.45) is 1.74. The van der Waals surface area contributed by atoms with Crippen molar-refractivity contribution in [3.05, 3.63) is 64.2 Å². The second-order valence-electron chi connectivity index (χ2n) is 4.20. The van der Waals surface area contributed by atoms with Gasteiger partial charge in [0.1, 0.15) is 6.61 Å². The third kappa shape index (κ3) is 2.37. The minimum absolute atomic E-state index is 0.257. The zero-order valence-electron chi connectivity index (χ0n) is 9.97. The van der Waals surface area contributed by atoms with Crippen LogP contribution < -0.4 is 0 Å². The Morgan fingerprint density at radius 3 is 2.79 bits per heavy atom. The van der Waals surface area contributed by atoms with E-state index >= 15 is 0 Å². The number of esters is 1. The molecular formula is C15H10ClNO2. The van der Waals surface area contributed by atoms with Crippen LogP contribution in [-0.2, 0) is 11.3 Å². The van der Waals surface area contributed by atoms with Gasteiger partial charge >= 0.3 is 5.97 Å². The highest BCUT2D eigenvalue weighted by Crippen LogP contribution is 2.32. The van der Waals surface area contributed by atoms with Gasteiger partial charge < -0.3 is 4.74 Å². The lowest BCUT2D eigenvalue weighted by atomic mass is 10.1. The Hall–Kier alpha value is -2.13. The quantitative estimate of drug-likeness (QED) is 0.616. The third-order valence-corrected chi connectivity index (χ3v) is 3.13. The van der Waals surface area contributed by atoms with Crippen molar-refractivity contribution >= 4 is 29.5 Å². The number of benzene rings is 2. The predicted molar refractivity (Wildman–Crippen MR) is 74.3 cm³/mol. The Bertz CT molecular complexity index is 665. The van der Waals surface area contributed by atoms with Crippen molar-refractivity contribution in [1.82, 2.24) is 0 Å². The summed E-state index contributed by atoms with van der Waals surface area (Å²) in [5.74, 6) is -0.339. The number of aliphatic imine (C=N–C) groups is 1. The molecule has 0 fully saturated rings. The Morgan fingerprint density at radius 2 is 2.00 bits per heavy atom. The van der Waals surface area contributed by atoms with Crippen molar-refractivity contribution in [3.63, 3.8) is 0 Å². The number of cyclic esters (lactones) is 1. The lowest BCUT2D eigenvalue weighted by Crippen LogP contribution is -1.93. The summed E-state index contributed by atoms with van der Waals surface area (Å²) in [4.78, 5) is 15.9. The smallest absolute Gasteiger partial charge is 0.339 e. The van der Waals surface area contributed by atoms with E-state index in [4.69, 9.17) is 16.3 Å². The maximum absolute atomic E-state index is 11.5. The minimum atomic E-state index is -0.339. The molecule has 2 aromatic carbocycles. The summed E-state index contributed by atoms with van der Waals surface area (Å²) >= 11 is 5.99. The zero-order chi connectivity index (χ0) is 13.2. The van der Waals surface area contributed by atoms with Crippen LogP contribution in [0, 0.1) is 0 Å². The molecule has 4 heteroatoms. The molecule has 0 saturated heterocycles. The number of halogens is 1. The number of carbonyl (C=O) groups is 1. The molecule has 0 unspecified atom stereocenters. The van der Waals surface area contributed by atoms with Crippen LogP contribution in [0.25, 0.3) is 0 Å². The largest absolute Gasteiger partial charge is 0.457 e. The van der Waals surface area contributed by atoms with Crippen molar-refractivity contribution < 1.29 is 9.53 Å². The average Bonchev–Trinajstić information content (AvgIpc) is 2.79. The van der Waals surface area contributed by atoms with E-state index in [0.29, 0.717) is 16.3 Å². The van der Waals surface area contributed by atoms with E-state index in [1.54, 1.807) is 18.3 Å². The van der Waals surface area contributed by atoms with E-state index in [0.717, 1.165) is 11.1 Å². The van der Waals surface area contributed by atoms with Crippen LogP contribution in [0.15, 0.2) is 47.5 Å². The van der Waals surface area contributed by atoms with Crippen LogP contribution in [0.1, 0.15) is 21.5 Å². The van der Waals surface area contributed by atoms with Gasteiger partial charge in [-0.2, -0.15) is 0 Å². The summed E-state index contributed by atoms with van der Waals surface area (Å²) in [5, 5.41) is 0.484. The first kappa shape index (κ1) is 11.9. The molecule has 19 heavy (non-hydrogen) atoms. The fourth-order valence-corrected chi connectivity index (χ4v) is 2.18. The van der Waals surface area contributed by atoms with Gasteiger partial charge in [-0.25, -0.2) is 4.79 Å². The predicted octanol–water partition coefficient (Wildman–Crippen LogP) is 3.76. The van der Waals surface area contributed by atoms with Gasteiger partial charge in [-0.15, -0.1) is 0 Å². The van der Waals surface area contributed by atoms with E-state index < -0.39 is 0 Å². The standard InChI is InChI=1S/C15H10ClNO2/c16-11-6-12-13(9-19-15(12)18)14(7-11)17-8-10-4-2-1-3-5-10/h1-8H,9H2/b17-8+. The first-order valence-electron chi connectivity index (χ1n) is 5.83. The Kier molecular flexibility index (Phi) is 3.05. The van der Waals surface area contributed by atoms with Crippen LogP contribution in [-0.4, -0.2) is 12.2 Å². The zero-order valence-corrected chi connectivity index (χ0v) is 10.7. The molecule has 0 radical (unpaired) electrons. The molecule has 3 rings (SSSR count). The van der Waals surface area contributed by atoms with Gasteiger partial charge in [0.25, 0.3) is 0 Å². The van der Waals surface area contributed by atoms with Gasteiger partial charge in [0, 0.05) is 16.8 Å². The molecule has 1 heterocycles. The van der Waals surface area contributed by atoms with Crippen molar-refractivity contribution in [3.8, 4) is 0 Å². The number of carbonyl (C=O) groups excluding carboxylic acids is 1. The molecule has 0 saturated carbocycles. The highest BCUT2D eigenvalue weighted by Gasteiger charge is 2.24. The maximum atomic E-state index is 11.5. The minimum Gasteiger partial charge on any atom is -0.457 e. The molecule has 2 aromatic rings. The number of ether oxygens (including phenoxy) is 1. The van der Waals surface area contributed by atoms with E-state index in [2.05, 4.69) is 4.99 Å². The number of nitrogens with zero attached hydrogens (tertiary/aromatic N) is 1. The van der Waals surface area contributed by atoms with E-state index in [-0.39, 0.29) is 12.6 Å². The normalized spacial score (nSPS) is 13.6. The van der Waals surface area contributed by atoms with Gasteiger partial charge in [0.2, 0.25) is 0 Å². The molecular weight excluding hydrogens is 262 g/mol. The molecule has 1 aliphatic rings. The highest BCUT2D eigenvalue weighted by molar-refractivity contribution is 6.31. The van der Waals surface area contributed by atoms with Crippen LogP contribution >= 0.6 is 11.6 Å². The molecule has 0 atom stereocenters. The van der Waals surface area contributed by atoms with E-state index in [9.17, 15) is 4.79 Å². The number of fused-ring (bicyclic) bond motifs is 1. The number of hydrogen-bond donors (Lipinski definition) is 0. The SMILES string of the molecule is O=C1OCc2c(/N=C/c3ccccc3)cc(Cl)cc21. The molecule has 0 aromatic heterocycles. The fraction of sp³-hybridized carbons (Fsp3) is 0.0667. The third-order valence-electron chi connectivity index (χ3n) is 2.91. The molecule has 0 N–H and O–H groups in total. The van der Waals surface area contributed by atoms with Gasteiger partial charge in [-0.3, -0.25) is 4.99 Å². The number of hydrogen-bond acceptors (Lipinski definition) is 3. The molecule has 94 valence electrons. The average molecular weight is 272 g/mol. The van der Waals surface area contributed by atoms with Crippen molar-refractivity contribution in [1.29, 1.82) is 0 Å². The molecule has 0 aliphatic carbocycles. The van der Waals surface area contributed by atoms with Crippen LogP contribution in [0.5, 0.6) is 0 Å². The van der Waals surface area contributed by atoms with Crippen molar-refractivity contribution in [2.45, 2.75) is 6.61 Å². The first-order valence-corrected chi connectivity index (χ1v) is 6.20. The molecule has 0 bridgehead atoms. The molecule has 0 spiro atoms. The molecule has 3 nitrogen and oxygen atoms in total. The van der Waals surface area contributed by atoms with Crippen LogP contribution in [0.2, 0.25) is 5.02 Å². The second kappa shape index (κ2) is 4.86. The summed E-state index contributed by atoms with van der Waals surface area (Å²) in [7, 11) is 0. The van der Waals surface area contributed by atoms with Crippen LogP contribution in [0.4, 0.5) is 5.69 Å².